The van der Waals surface area contributed by atoms with Crippen molar-refractivity contribution >= 4 is 23.1 Å². The molecule has 2 unspecified atom stereocenters. The van der Waals surface area contributed by atoms with Gasteiger partial charge in [0.25, 0.3) is 0 Å². The smallest absolute Gasteiger partial charge is 0.125 e. The predicted molar refractivity (Wildman–Crippen MR) is 103 cm³/mol. The lowest BCUT2D eigenvalue weighted by Crippen LogP contribution is -2.30. The topological polar surface area (TPSA) is 58.7 Å². The highest BCUT2D eigenvalue weighted by Crippen LogP contribution is 2.49. The highest BCUT2D eigenvalue weighted by Gasteiger charge is 2.42. The molecule has 0 saturated carbocycles. The van der Waals surface area contributed by atoms with Crippen molar-refractivity contribution in [3.8, 4) is 0 Å². The van der Waals surface area contributed by atoms with Gasteiger partial charge >= 0.3 is 0 Å². The number of hydrogen-bond donors (Lipinski definition) is 0. The van der Waals surface area contributed by atoms with E-state index in [2.05, 4.69) is 34.0 Å². The summed E-state index contributed by atoms with van der Waals surface area (Å²) in [6.45, 7) is 4.06. The molecule has 0 fully saturated rings. The molecule has 26 heavy (non-hydrogen) atoms. The van der Waals surface area contributed by atoms with Crippen LogP contribution in [0.1, 0.15) is 35.2 Å². The quantitative estimate of drug-likeness (QED) is 0.714. The number of pyridine rings is 1. The van der Waals surface area contributed by atoms with Crippen LogP contribution in [0.4, 0.5) is 0 Å². The van der Waals surface area contributed by atoms with Crippen molar-refractivity contribution < 1.29 is 0 Å². The van der Waals surface area contributed by atoms with E-state index in [-0.39, 0.29) is 6.04 Å². The molecule has 2 aliphatic heterocycles. The Morgan fingerprint density at radius 3 is 2.92 bits per heavy atom. The first-order chi connectivity index (χ1) is 12.6. The lowest BCUT2D eigenvalue weighted by molar-refractivity contribution is 0.463. The third-order valence-corrected chi connectivity index (χ3v) is 6.60. The molecular weight excluding hydrogens is 344 g/mol. The second-order valence-corrected chi connectivity index (χ2v) is 8.07. The van der Waals surface area contributed by atoms with E-state index in [9.17, 15) is 0 Å². The van der Waals surface area contributed by atoms with Gasteiger partial charge < -0.3 is 4.90 Å². The summed E-state index contributed by atoms with van der Waals surface area (Å²) in [5.74, 6) is 1.15. The van der Waals surface area contributed by atoms with E-state index in [1.807, 2.05) is 48.6 Å². The van der Waals surface area contributed by atoms with Gasteiger partial charge in [-0.2, -0.15) is 5.10 Å². The van der Waals surface area contributed by atoms with Crippen LogP contribution in [0.3, 0.4) is 0 Å². The third-order valence-electron chi connectivity index (χ3n) is 5.19. The molecule has 6 nitrogen and oxygen atoms in total. The summed E-state index contributed by atoms with van der Waals surface area (Å²) >= 11 is 1.87. The lowest BCUT2D eigenvalue weighted by atomic mass is 10.2. The number of aryl methyl sites for hydroxylation is 3. The maximum absolute atomic E-state index is 4.99. The van der Waals surface area contributed by atoms with E-state index < -0.39 is 0 Å². The molecule has 5 heterocycles. The molecule has 132 valence electrons. The molecule has 7 heteroatoms. The Morgan fingerprint density at radius 1 is 1.19 bits per heavy atom. The normalized spacial score (nSPS) is 21.2. The number of aromatic nitrogens is 4. The van der Waals surface area contributed by atoms with Crippen molar-refractivity contribution in [2.75, 3.05) is 7.05 Å². The summed E-state index contributed by atoms with van der Waals surface area (Å²) in [4.78, 5) is 17.5. The molecule has 0 N–H and O–H groups in total. The van der Waals surface area contributed by atoms with Crippen LogP contribution in [0.15, 0.2) is 40.5 Å². The van der Waals surface area contributed by atoms with Crippen molar-refractivity contribution in [1.82, 2.24) is 24.5 Å². The Kier molecular flexibility index (Phi) is 3.53. The summed E-state index contributed by atoms with van der Waals surface area (Å²) in [6.07, 6.45) is 5.51. The molecule has 2 atom stereocenters. The number of hydrogen-bond acceptors (Lipinski definition) is 6. The van der Waals surface area contributed by atoms with E-state index in [1.54, 1.807) is 0 Å². The molecule has 2 aliphatic rings. The summed E-state index contributed by atoms with van der Waals surface area (Å²) in [5.41, 5.74) is 5.37. The van der Waals surface area contributed by atoms with E-state index in [1.165, 1.54) is 4.90 Å². The maximum atomic E-state index is 4.99. The molecule has 3 aromatic rings. The predicted octanol–water partition coefficient (Wildman–Crippen LogP) is 3.19. The fourth-order valence-electron chi connectivity index (χ4n) is 3.74. The Labute approximate surface area is 156 Å². The van der Waals surface area contributed by atoms with Crippen molar-refractivity contribution in [1.29, 1.82) is 0 Å². The van der Waals surface area contributed by atoms with Crippen LogP contribution in [-0.2, 0) is 6.42 Å². The zero-order valence-electron chi connectivity index (χ0n) is 15.0. The van der Waals surface area contributed by atoms with Crippen molar-refractivity contribution in [2.24, 2.45) is 4.99 Å². The minimum absolute atomic E-state index is 0.158. The molecule has 0 amide bonds. The van der Waals surface area contributed by atoms with Crippen LogP contribution >= 0.6 is 11.8 Å². The minimum atomic E-state index is 0.158. The second-order valence-electron chi connectivity index (χ2n) is 6.91. The van der Waals surface area contributed by atoms with Crippen molar-refractivity contribution in [2.45, 2.75) is 43.0 Å². The first-order valence-electron chi connectivity index (χ1n) is 8.84. The van der Waals surface area contributed by atoms with E-state index >= 15 is 0 Å². The Bertz CT molecular complexity index is 1000. The monoisotopic (exact) mass is 364 g/mol. The fraction of sp³-hybridized carbons (Fsp3) is 0.368. The highest BCUT2D eigenvalue weighted by molar-refractivity contribution is 8.00. The summed E-state index contributed by atoms with van der Waals surface area (Å²) in [7, 11) is 2.14. The Morgan fingerprint density at radius 2 is 2.08 bits per heavy atom. The molecular formula is C19H20N6S. The van der Waals surface area contributed by atoms with Crippen LogP contribution < -0.4 is 0 Å². The largest absolute Gasteiger partial charge is 0.348 e. The fourth-order valence-corrected chi connectivity index (χ4v) is 5.05. The number of amidine groups is 1. The van der Waals surface area contributed by atoms with Gasteiger partial charge in [0.1, 0.15) is 17.3 Å². The van der Waals surface area contributed by atoms with Gasteiger partial charge in [-0.3, -0.25) is 15.0 Å². The van der Waals surface area contributed by atoms with Crippen molar-refractivity contribution in [3.63, 3.8) is 0 Å². The molecule has 0 aromatic carbocycles. The Balaban J connectivity index is 1.38. The molecule has 3 aromatic heterocycles. The van der Waals surface area contributed by atoms with Gasteiger partial charge in [-0.1, -0.05) is 11.8 Å². The summed E-state index contributed by atoms with van der Waals surface area (Å²) in [5, 5.41) is 5.09. The third kappa shape index (κ3) is 2.34. The average molecular weight is 364 g/mol. The SMILES string of the molecule is Cc1ncc(C)n2nc(CCC3=NC4c5ncccc5SC4N3C)cc12. The zero-order chi connectivity index (χ0) is 17.8. The number of likely N-dealkylation sites (N-methyl/N-ethyl adjacent to an activating group) is 1. The summed E-state index contributed by atoms with van der Waals surface area (Å²) < 4.78 is 1.99. The molecule has 0 aliphatic carbocycles. The van der Waals surface area contributed by atoms with Crippen LogP contribution in [-0.4, -0.2) is 42.7 Å². The van der Waals surface area contributed by atoms with E-state index in [0.29, 0.717) is 5.37 Å². The number of rotatable bonds is 3. The van der Waals surface area contributed by atoms with Crippen LogP contribution in [0.25, 0.3) is 5.52 Å². The van der Waals surface area contributed by atoms with Gasteiger partial charge in [0.2, 0.25) is 0 Å². The van der Waals surface area contributed by atoms with Crippen LogP contribution in [0.5, 0.6) is 0 Å². The van der Waals surface area contributed by atoms with Crippen LogP contribution in [0.2, 0.25) is 0 Å². The van der Waals surface area contributed by atoms with E-state index in [4.69, 9.17) is 10.1 Å². The van der Waals surface area contributed by atoms with Crippen molar-refractivity contribution in [3.05, 3.63) is 53.4 Å². The van der Waals surface area contributed by atoms with E-state index in [0.717, 1.165) is 47.0 Å². The Hall–Kier alpha value is -2.41. The van der Waals surface area contributed by atoms with Gasteiger partial charge in [0.15, 0.2) is 0 Å². The number of nitrogens with zero attached hydrogens (tertiary/aromatic N) is 6. The molecule has 0 bridgehead atoms. The second kappa shape index (κ2) is 5.81. The van der Waals surface area contributed by atoms with Gasteiger partial charge in [-0.25, -0.2) is 4.52 Å². The maximum Gasteiger partial charge on any atom is 0.125 e. The standard InChI is InChI=1S/C19H20N6S/c1-11-10-21-12(2)14-9-13(23-25(11)14)6-7-16-22-18-17-15(5-4-8-20-17)26-19(18)24(16)3/h4-5,8-10,18-19H,6-7H2,1-3H3. The van der Waals surface area contributed by atoms with Gasteiger partial charge in [-0.05, 0) is 38.5 Å². The summed E-state index contributed by atoms with van der Waals surface area (Å²) in [6, 6.07) is 6.45. The first kappa shape index (κ1) is 15.8. The van der Waals surface area contributed by atoms with Gasteiger partial charge in [0.05, 0.1) is 28.3 Å². The molecule has 0 saturated heterocycles. The number of fused-ring (bicyclic) bond motifs is 4. The minimum Gasteiger partial charge on any atom is -0.348 e. The molecule has 0 radical (unpaired) electrons. The first-order valence-corrected chi connectivity index (χ1v) is 9.72. The number of thioether (sulfide) groups is 1. The van der Waals surface area contributed by atoms with Crippen LogP contribution in [0, 0.1) is 13.8 Å². The highest BCUT2D eigenvalue weighted by atomic mass is 32.2. The average Bonchev–Trinajstić information content (AvgIpc) is 3.31. The molecule has 5 rings (SSSR count). The van der Waals surface area contributed by atoms with Gasteiger partial charge in [-0.15, -0.1) is 0 Å². The number of aliphatic imine (C=N–C) groups is 1. The van der Waals surface area contributed by atoms with Gasteiger partial charge in [0, 0.05) is 30.8 Å². The lowest BCUT2D eigenvalue weighted by Gasteiger charge is -2.21. The molecule has 0 spiro atoms. The zero-order valence-corrected chi connectivity index (χ0v) is 15.9.